The third-order valence-electron chi connectivity index (χ3n) is 2.77. The lowest BCUT2D eigenvalue weighted by molar-refractivity contribution is -0.133. The van der Waals surface area contributed by atoms with Gasteiger partial charge < -0.3 is 9.67 Å². The summed E-state index contributed by atoms with van der Waals surface area (Å²) in [6, 6.07) is 4.74. The monoisotopic (exact) mass is 295 g/mol. The van der Waals surface area contributed by atoms with E-state index in [9.17, 15) is 9.18 Å². The highest BCUT2D eigenvalue weighted by atomic mass is 32.2. The van der Waals surface area contributed by atoms with Gasteiger partial charge in [0.25, 0.3) is 0 Å². The highest BCUT2D eigenvalue weighted by Gasteiger charge is 2.14. The molecule has 0 spiro atoms. The average Bonchev–Trinajstić information content (AvgIpc) is 2.82. The predicted molar refractivity (Wildman–Crippen MR) is 74.2 cm³/mol. The molecular formula is C13H14FN3O2S. The first-order valence-electron chi connectivity index (χ1n) is 6.07. The Morgan fingerprint density at radius 2 is 2.20 bits per heavy atom. The minimum absolute atomic E-state index is 0.0689. The minimum Gasteiger partial charge on any atom is -0.481 e. The van der Waals surface area contributed by atoms with Gasteiger partial charge >= 0.3 is 5.97 Å². The van der Waals surface area contributed by atoms with E-state index in [4.69, 9.17) is 5.11 Å². The van der Waals surface area contributed by atoms with Crippen molar-refractivity contribution in [1.82, 2.24) is 14.8 Å². The molecule has 0 aliphatic heterocycles. The second-order valence-corrected chi connectivity index (χ2v) is 5.14. The fourth-order valence-electron chi connectivity index (χ4n) is 1.80. The number of halogens is 1. The smallest absolute Gasteiger partial charge is 0.313 e. The molecule has 0 atom stereocenters. The van der Waals surface area contributed by atoms with Gasteiger partial charge in [-0.3, -0.25) is 4.79 Å². The molecule has 0 saturated heterocycles. The summed E-state index contributed by atoms with van der Waals surface area (Å²) in [5.74, 6) is -0.624. The molecule has 7 heteroatoms. The number of aliphatic carboxylic acids is 1. The first-order valence-corrected chi connectivity index (χ1v) is 7.05. The molecule has 20 heavy (non-hydrogen) atoms. The zero-order valence-electron chi connectivity index (χ0n) is 11.1. The number of rotatable bonds is 5. The average molecular weight is 295 g/mol. The number of hydrogen-bond donors (Lipinski definition) is 1. The van der Waals surface area contributed by atoms with Crippen molar-refractivity contribution in [2.45, 2.75) is 25.5 Å². The van der Waals surface area contributed by atoms with Crippen LogP contribution in [0.1, 0.15) is 12.5 Å². The number of aryl methyl sites for hydroxylation is 1. The van der Waals surface area contributed by atoms with Crippen LogP contribution in [0.4, 0.5) is 4.39 Å². The van der Waals surface area contributed by atoms with Crippen LogP contribution in [0.5, 0.6) is 0 Å². The van der Waals surface area contributed by atoms with E-state index in [0.717, 1.165) is 17.3 Å². The molecule has 1 heterocycles. The van der Waals surface area contributed by atoms with Crippen molar-refractivity contribution in [3.05, 3.63) is 29.6 Å². The van der Waals surface area contributed by atoms with Crippen molar-refractivity contribution >= 4 is 17.7 Å². The molecule has 0 bridgehead atoms. The van der Waals surface area contributed by atoms with E-state index in [1.165, 1.54) is 6.07 Å². The number of hydrogen-bond acceptors (Lipinski definition) is 4. The SMILES string of the molecule is CCn1c(SCC(=O)O)nnc1-c1ccc(F)c(C)c1. The van der Waals surface area contributed by atoms with E-state index < -0.39 is 5.97 Å². The molecular weight excluding hydrogens is 281 g/mol. The number of carboxylic acid groups (broad SMARTS) is 1. The topological polar surface area (TPSA) is 68.0 Å². The number of thioether (sulfide) groups is 1. The van der Waals surface area contributed by atoms with Crippen LogP contribution in [0.25, 0.3) is 11.4 Å². The van der Waals surface area contributed by atoms with E-state index in [2.05, 4.69) is 10.2 Å². The van der Waals surface area contributed by atoms with Gasteiger partial charge in [-0.05, 0) is 37.6 Å². The fourth-order valence-corrected chi connectivity index (χ4v) is 2.53. The van der Waals surface area contributed by atoms with Gasteiger partial charge in [-0.1, -0.05) is 11.8 Å². The Bertz CT molecular complexity index is 643. The minimum atomic E-state index is -0.903. The molecule has 2 aromatic rings. The summed E-state index contributed by atoms with van der Waals surface area (Å²) in [6.45, 7) is 4.22. The summed E-state index contributed by atoms with van der Waals surface area (Å²) in [5, 5.41) is 17.3. The number of carbonyl (C=O) groups is 1. The van der Waals surface area contributed by atoms with Crippen molar-refractivity contribution < 1.29 is 14.3 Å². The Morgan fingerprint density at radius 3 is 2.80 bits per heavy atom. The summed E-state index contributed by atoms with van der Waals surface area (Å²) < 4.78 is 15.1. The van der Waals surface area contributed by atoms with Crippen molar-refractivity contribution in [3.8, 4) is 11.4 Å². The molecule has 0 fully saturated rings. The standard InChI is InChI=1S/C13H14FN3O2S/c1-3-17-12(9-4-5-10(14)8(2)6-9)15-16-13(17)20-7-11(18)19/h4-6H,3,7H2,1-2H3,(H,18,19). The first-order chi connectivity index (χ1) is 9.52. The summed E-state index contributed by atoms with van der Waals surface area (Å²) in [7, 11) is 0. The van der Waals surface area contributed by atoms with E-state index in [-0.39, 0.29) is 11.6 Å². The normalized spacial score (nSPS) is 10.8. The van der Waals surface area contributed by atoms with Crippen molar-refractivity contribution in [2.24, 2.45) is 0 Å². The van der Waals surface area contributed by atoms with Gasteiger partial charge in [-0.15, -0.1) is 10.2 Å². The molecule has 106 valence electrons. The third kappa shape index (κ3) is 2.98. The van der Waals surface area contributed by atoms with Crippen molar-refractivity contribution in [3.63, 3.8) is 0 Å². The second kappa shape index (κ2) is 6.04. The van der Waals surface area contributed by atoms with E-state index in [1.807, 2.05) is 11.5 Å². The van der Waals surface area contributed by atoms with E-state index in [0.29, 0.717) is 23.1 Å². The molecule has 1 aromatic carbocycles. The Morgan fingerprint density at radius 1 is 1.45 bits per heavy atom. The Balaban J connectivity index is 2.36. The highest BCUT2D eigenvalue weighted by molar-refractivity contribution is 7.99. The van der Waals surface area contributed by atoms with Gasteiger partial charge in [0.2, 0.25) is 0 Å². The molecule has 0 unspecified atom stereocenters. The lowest BCUT2D eigenvalue weighted by Crippen LogP contribution is -2.03. The summed E-state index contributed by atoms with van der Waals surface area (Å²) >= 11 is 1.12. The van der Waals surface area contributed by atoms with Crippen LogP contribution >= 0.6 is 11.8 Å². The summed E-state index contributed by atoms with van der Waals surface area (Å²) in [6.07, 6.45) is 0. The molecule has 0 radical (unpaired) electrons. The van der Waals surface area contributed by atoms with Gasteiger partial charge in [0.1, 0.15) is 5.82 Å². The van der Waals surface area contributed by atoms with Crippen LogP contribution in [0.15, 0.2) is 23.4 Å². The molecule has 0 saturated carbocycles. The zero-order chi connectivity index (χ0) is 14.7. The first kappa shape index (κ1) is 14.5. The second-order valence-electron chi connectivity index (χ2n) is 4.20. The molecule has 5 nitrogen and oxygen atoms in total. The molecule has 1 aromatic heterocycles. The van der Waals surface area contributed by atoms with Gasteiger partial charge in [-0.2, -0.15) is 0 Å². The molecule has 0 amide bonds. The van der Waals surface area contributed by atoms with Gasteiger partial charge in [0.05, 0.1) is 5.75 Å². The van der Waals surface area contributed by atoms with E-state index in [1.54, 1.807) is 19.1 Å². The summed E-state index contributed by atoms with van der Waals surface area (Å²) in [4.78, 5) is 10.6. The number of nitrogens with zero attached hydrogens (tertiary/aromatic N) is 3. The number of carboxylic acids is 1. The third-order valence-corrected chi connectivity index (χ3v) is 3.73. The maximum Gasteiger partial charge on any atom is 0.313 e. The van der Waals surface area contributed by atoms with Crippen LogP contribution in [0.3, 0.4) is 0 Å². The Kier molecular flexibility index (Phi) is 4.39. The van der Waals surface area contributed by atoms with Crippen LogP contribution in [-0.4, -0.2) is 31.6 Å². The molecule has 2 rings (SSSR count). The lowest BCUT2D eigenvalue weighted by Gasteiger charge is -2.07. The van der Waals surface area contributed by atoms with Crippen LogP contribution in [0.2, 0.25) is 0 Å². The van der Waals surface area contributed by atoms with Gasteiger partial charge in [0, 0.05) is 12.1 Å². The highest BCUT2D eigenvalue weighted by Crippen LogP contribution is 2.25. The van der Waals surface area contributed by atoms with Crippen molar-refractivity contribution in [1.29, 1.82) is 0 Å². The zero-order valence-corrected chi connectivity index (χ0v) is 11.9. The fraction of sp³-hybridized carbons (Fsp3) is 0.308. The van der Waals surface area contributed by atoms with Gasteiger partial charge in [0.15, 0.2) is 11.0 Å². The van der Waals surface area contributed by atoms with Crippen molar-refractivity contribution in [2.75, 3.05) is 5.75 Å². The Labute approximate surface area is 119 Å². The predicted octanol–water partition coefficient (Wildman–Crippen LogP) is 2.59. The number of aromatic nitrogens is 3. The Hall–Kier alpha value is -1.89. The molecule has 0 aliphatic rings. The van der Waals surface area contributed by atoms with E-state index >= 15 is 0 Å². The maximum absolute atomic E-state index is 13.3. The summed E-state index contributed by atoms with van der Waals surface area (Å²) in [5.41, 5.74) is 1.30. The molecule has 1 N–H and O–H groups in total. The van der Waals surface area contributed by atoms with Crippen LogP contribution in [0, 0.1) is 12.7 Å². The quantitative estimate of drug-likeness (QED) is 0.859. The lowest BCUT2D eigenvalue weighted by atomic mass is 10.1. The maximum atomic E-state index is 13.3. The largest absolute Gasteiger partial charge is 0.481 e. The van der Waals surface area contributed by atoms with Gasteiger partial charge in [-0.25, -0.2) is 4.39 Å². The van der Waals surface area contributed by atoms with Crippen LogP contribution in [-0.2, 0) is 11.3 Å². The molecule has 0 aliphatic carbocycles. The number of benzene rings is 1. The van der Waals surface area contributed by atoms with Crippen LogP contribution < -0.4 is 0 Å².